The lowest BCUT2D eigenvalue weighted by Crippen LogP contribution is -2.43. The Morgan fingerprint density at radius 3 is 2.30 bits per heavy atom. The van der Waals surface area contributed by atoms with Crippen molar-refractivity contribution in [2.75, 3.05) is 4.90 Å². The molecule has 4 nitrogen and oxygen atoms in total. The van der Waals surface area contributed by atoms with Gasteiger partial charge in [-0.3, -0.25) is 0 Å². The molecule has 3 aliphatic rings. The molecule has 0 radical (unpaired) electrons. The summed E-state index contributed by atoms with van der Waals surface area (Å²) in [6, 6.07) is 48.0. The van der Waals surface area contributed by atoms with Crippen LogP contribution in [0.1, 0.15) is 5.56 Å². The van der Waals surface area contributed by atoms with Gasteiger partial charge in [-0.25, -0.2) is 0 Å². The van der Waals surface area contributed by atoms with E-state index in [0.717, 1.165) is 27.6 Å². The smallest absolute Gasteiger partial charge is 0.235 e. The van der Waals surface area contributed by atoms with Crippen molar-refractivity contribution in [1.82, 2.24) is 9.14 Å². The van der Waals surface area contributed by atoms with E-state index in [9.17, 15) is 0 Å². The number of furan rings is 1. The normalized spacial score (nSPS) is 16.4. The van der Waals surface area contributed by atoms with Crippen LogP contribution in [0.2, 0.25) is 0 Å². The monoisotopic (exact) mass is 588 g/mol. The maximum atomic E-state index is 6.58. The SMILES string of the molecule is C1=CC2=[N+](c3ccccc3)c3ccccc3N3c4c(ccc5c4c4ccccc4n5-c4cccc5c4oc4ccccc45)C(=C1)C23. The molecule has 1 aliphatic carbocycles. The number of rotatable bonds is 2. The van der Waals surface area contributed by atoms with Crippen LogP contribution in [0.3, 0.4) is 0 Å². The first-order valence-electron chi connectivity index (χ1n) is 15.8. The van der Waals surface area contributed by atoms with Gasteiger partial charge in [-0.2, -0.15) is 4.58 Å². The van der Waals surface area contributed by atoms with E-state index in [0.29, 0.717) is 0 Å². The lowest BCUT2D eigenvalue weighted by atomic mass is 9.92. The highest BCUT2D eigenvalue weighted by Gasteiger charge is 2.49. The molecule has 0 saturated heterocycles. The van der Waals surface area contributed by atoms with Crippen molar-refractivity contribution in [3.63, 3.8) is 0 Å². The molecule has 4 heterocycles. The summed E-state index contributed by atoms with van der Waals surface area (Å²) in [4.78, 5) is 2.59. The van der Waals surface area contributed by atoms with Gasteiger partial charge in [-0.05, 0) is 35.9 Å². The van der Waals surface area contributed by atoms with Gasteiger partial charge in [0.1, 0.15) is 17.3 Å². The van der Waals surface area contributed by atoms with Crippen LogP contribution in [-0.4, -0.2) is 16.3 Å². The minimum Gasteiger partial charge on any atom is -0.454 e. The fourth-order valence-corrected chi connectivity index (χ4v) is 8.24. The molecule has 0 saturated carbocycles. The van der Waals surface area contributed by atoms with E-state index in [4.69, 9.17) is 4.42 Å². The molecule has 1 unspecified atom stereocenters. The maximum Gasteiger partial charge on any atom is 0.235 e. The van der Waals surface area contributed by atoms with E-state index in [1.165, 1.54) is 61.4 Å². The third-order valence-electron chi connectivity index (χ3n) is 10.0. The molecule has 2 aliphatic heterocycles. The molecule has 11 rings (SSSR count). The summed E-state index contributed by atoms with van der Waals surface area (Å²) >= 11 is 0. The van der Waals surface area contributed by atoms with Crippen molar-refractivity contribution < 1.29 is 4.42 Å². The lowest BCUT2D eigenvalue weighted by molar-refractivity contribution is 0.666. The number of para-hydroxylation sites is 6. The Bertz CT molecular complexity index is 2700. The molecule has 6 aromatic carbocycles. The average molecular weight is 589 g/mol. The van der Waals surface area contributed by atoms with E-state index in [2.05, 4.69) is 160 Å². The number of anilines is 2. The number of allylic oxidation sites excluding steroid dienone is 2. The van der Waals surface area contributed by atoms with Crippen molar-refractivity contribution >= 4 is 77.8 Å². The zero-order valence-electron chi connectivity index (χ0n) is 24.8. The molecule has 0 bridgehead atoms. The molecule has 46 heavy (non-hydrogen) atoms. The Hall–Kier alpha value is -6.13. The molecule has 214 valence electrons. The quantitative estimate of drug-likeness (QED) is 0.188. The Balaban J connectivity index is 1.26. The van der Waals surface area contributed by atoms with Crippen LogP contribution in [-0.2, 0) is 0 Å². The molecule has 8 aromatic rings. The van der Waals surface area contributed by atoms with Gasteiger partial charge in [0.15, 0.2) is 5.58 Å². The van der Waals surface area contributed by atoms with Gasteiger partial charge in [0.05, 0.1) is 22.4 Å². The van der Waals surface area contributed by atoms with Crippen LogP contribution in [0.15, 0.2) is 156 Å². The number of nitrogens with zero attached hydrogens (tertiary/aromatic N) is 3. The van der Waals surface area contributed by atoms with E-state index < -0.39 is 0 Å². The van der Waals surface area contributed by atoms with Crippen molar-refractivity contribution in [3.05, 3.63) is 157 Å². The maximum absolute atomic E-state index is 6.58. The number of hydrogen-bond acceptors (Lipinski definition) is 2. The third kappa shape index (κ3) is 2.96. The van der Waals surface area contributed by atoms with E-state index >= 15 is 0 Å². The second-order valence-corrected chi connectivity index (χ2v) is 12.3. The predicted molar refractivity (Wildman–Crippen MR) is 190 cm³/mol. The number of aromatic nitrogens is 1. The van der Waals surface area contributed by atoms with Gasteiger partial charge in [0.25, 0.3) is 0 Å². The van der Waals surface area contributed by atoms with Crippen molar-refractivity contribution in [1.29, 1.82) is 0 Å². The molecule has 0 fully saturated rings. The molecular formula is C42H26N3O+. The first-order chi connectivity index (χ1) is 22.9. The highest BCUT2D eigenvalue weighted by molar-refractivity contribution is 6.27. The molecule has 1 atom stereocenters. The van der Waals surface area contributed by atoms with Gasteiger partial charge in [-0.1, -0.05) is 97.1 Å². The Morgan fingerprint density at radius 1 is 0.609 bits per heavy atom. The lowest BCUT2D eigenvalue weighted by Gasteiger charge is -2.33. The van der Waals surface area contributed by atoms with E-state index in [1.54, 1.807) is 0 Å². The molecule has 0 N–H and O–H groups in total. The Kier molecular flexibility index (Phi) is 4.60. The fraction of sp³-hybridized carbons (Fsp3) is 0.0238. The number of hydrogen-bond donors (Lipinski definition) is 0. The molecule has 2 aromatic heterocycles. The van der Waals surface area contributed by atoms with Gasteiger partial charge >= 0.3 is 0 Å². The first kappa shape index (κ1) is 24.2. The highest BCUT2D eigenvalue weighted by Crippen LogP contribution is 2.56. The first-order valence-corrected chi connectivity index (χ1v) is 15.8. The van der Waals surface area contributed by atoms with Gasteiger partial charge < -0.3 is 13.9 Å². The molecule has 4 heteroatoms. The second-order valence-electron chi connectivity index (χ2n) is 12.3. The van der Waals surface area contributed by atoms with Crippen LogP contribution < -0.4 is 9.48 Å². The largest absolute Gasteiger partial charge is 0.454 e. The van der Waals surface area contributed by atoms with E-state index in [1.807, 2.05) is 6.07 Å². The second kappa shape index (κ2) is 8.74. The summed E-state index contributed by atoms with van der Waals surface area (Å²) < 4.78 is 11.4. The van der Waals surface area contributed by atoms with Gasteiger partial charge in [0.2, 0.25) is 17.1 Å². The Morgan fingerprint density at radius 2 is 1.37 bits per heavy atom. The zero-order chi connectivity index (χ0) is 29.9. The summed E-state index contributed by atoms with van der Waals surface area (Å²) in [5.41, 5.74) is 13.9. The van der Waals surface area contributed by atoms with Crippen LogP contribution in [0, 0.1) is 0 Å². The molecular weight excluding hydrogens is 562 g/mol. The van der Waals surface area contributed by atoms with Gasteiger partial charge in [-0.15, -0.1) is 0 Å². The summed E-state index contributed by atoms with van der Waals surface area (Å²) in [6.07, 6.45) is 6.82. The van der Waals surface area contributed by atoms with E-state index in [-0.39, 0.29) is 6.04 Å². The summed E-state index contributed by atoms with van der Waals surface area (Å²) in [5, 5.41) is 4.77. The number of benzene rings is 6. The minimum atomic E-state index is 0.0709. The van der Waals surface area contributed by atoms with Crippen molar-refractivity contribution in [2.24, 2.45) is 0 Å². The standard InChI is InChI=1S/C42H26N3O/c1-2-12-26(13-3-1)43-33-19-7-8-20-34(33)45-40-28(16-10-21-36(40)43)29-24-25-35-39(41(29)45)31-15-4-6-18-32(31)44(35)37-22-11-17-30-27-14-5-9-23-38(27)46-42(30)37/h1-25,40H/q+1. The van der Waals surface area contributed by atoms with Gasteiger partial charge in [0, 0.05) is 51.4 Å². The summed E-state index contributed by atoms with van der Waals surface area (Å²) in [6.45, 7) is 0. The molecule has 0 amide bonds. The van der Waals surface area contributed by atoms with Crippen LogP contribution in [0.4, 0.5) is 22.7 Å². The van der Waals surface area contributed by atoms with Crippen LogP contribution in [0.25, 0.3) is 55.0 Å². The van der Waals surface area contributed by atoms with Crippen LogP contribution >= 0.6 is 0 Å². The summed E-state index contributed by atoms with van der Waals surface area (Å²) in [7, 11) is 0. The topological polar surface area (TPSA) is 24.3 Å². The minimum absolute atomic E-state index is 0.0709. The molecule has 0 spiro atoms. The summed E-state index contributed by atoms with van der Waals surface area (Å²) in [5.74, 6) is 0. The van der Waals surface area contributed by atoms with Crippen molar-refractivity contribution in [2.45, 2.75) is 6.04 Å². The highest BCUT2D eigenvalue weighted by atomic mass is 16.3. The number of fused-ring (bicyclic) bond motifs is 12. The average Bonchev–Trinajstić information content (AvgIpc) is 3.78. The predicted octanol–water partition coefficient (Wildman–Crippen LogP) is 10.4. The third-order valence-corrected chi connectivity index (χ3v) is 10.0. The zero-order valence-corrected chi connectivity index (χ0v) is 24.8. The Labute approximate surface area is 264 Å². The van der Waals surface area contributed by atoms with Crippen molar-refractivity contribution in [3.8, 4) is 5.69 Å². The van der Waals surface area contributed by atoms with Crippen LogP contribution in [0.5, 0.6) is 0 Å². The fourth-order valence-electron chi connectivity index (χ4n) is 8.24.